The number of carbonyl (C=O) groups excluding carboxylic acids is 1. The van der Waals surface area contributed by atoms with E-state index in [1.807, 2.05) is 43.0 Å². The molecule has 0 unspecified atom stereocenters. The van der Waals surface area contributed by atoms with Gasteiger partial charge in [-0.15, -0.1) is 0 Å². The molecule has 1 amide bonds. The first-order valence-electron chi connectivity index (χ1n) is 11.8. The highest BCUT2D eigenvalue weighted by atomic mass is 35.5. The summed E-state index contributed by atoms with van der Waals surface area (Å²) in [5.41, 5.74) is 3.79. The molecule has 184 valence electrons. The summed E-state index contributed by atoms with van der Waals surface area (Å²) in [4.78, 5) is 27.6. The summed E-state index contributed by atoms with van der Waals surface area (Å²) in [5, 5.41) is 10.4. The Balaban J connectivity index is 2.00. The second kappa shape index (κ2) is 9.84. The fourth-order valence-electron chi connectivity index (χ4n) is 4.44. The van der Waals surface area contributed by atoms with Crippen LogP contribution in [0.25, 0.3) is 0 Å². The third-order valence-electron chi connectivity index (χ3n) is 7.55. The van der Waals surface area contributed by atoms with E-state index in [1.54, 1.807) is 12.1 Å². The van der Waals surface area contributed by atoms with E-state index < -0.39 is 14.3 Å². The average molecular weight is 502 g/mol. The largest absolute Gasteiger partial charge is 0.478 e. The Morgan fingerprint density at radius 1 is 1.18 bits per heavy atom. The average Bonchev–Trinajstić information content (AvgIpc) is 2.73. The molecule has 2 aromatic rings. The number of nitrogens with zero attached hydrogens (tertiary/aromatic N) is 1. The lowest BCUT2D eigenvalue weighted by molar-refractivity contribution is -0.137. The molecule has 1 heterocycles. The Labute approximate surface area is 209 Å². The second-order valence-electron chi connectivity index (χ2n) is 10.8. The molecule has 1 N–H and O–H groups in total. The van der Waals surface area contributed by atoms with Crippen LogP contribution in [0.1, 0.15) is 66.3 Å². The maximum Gasteiger partial charge on any atom is 0.335 e. The molecule has 0 fully saturated rings. The van der Waals surface area contributed by atoms with E-state index in [-0.39, 0.29) is 29.4 Å². The topological polar surface area (TPSA) is 66.8 Å². The van der Waals surface area contributed by atoms with Gasteiger partial charge in [0.05, 0.1) is 30.7 Å². The molecule has 0 aliphatic carbocycles. The molecule has 0 bridgehead atoms. The highest BCUT2D eigenvalue weighted by molar-refractivity contribution is 6.74. The van der Waals surface area contributed by atoms with Gasteiger partial charge in [0.15, 0.2) is 8.32 Å². The molecule has 2 atom stereocenters. The summed E-state index contributed by atoms with van der Waals surface area (Å²) in [5.74, 6) is -0.974. The molecule has 1 aliphatic heterocycles. The Morgan fingerprint density at radius 2 is 1.82 bits per heavy atom. The van der Waals surface area contributed by atoms with Crippen molar-refractivity contribution < 1.29 is 19.1 Å². The van der Waals surface area contributed by atoms with E-state index in [9.17, 15) is 14.7 Å². The van der Waals surface area contributed by atoms with Crippen LogP contribution in [-0.4, -0.2) is 42.8 Å². The minimum absolute atomic E-state index is 0.0287. The first-order valence-corrected chi connectivity index (χ1v) is 15.1. The Hall–Kier alpha value is -2.15. The second-order valence-corrected chi connectivity index (χ2v) is 16.0. The molecule has 0 saturated heterocycles. The van der Waals surface area contributed by atoms with Crippen molar-refractivity contribution in [2.45, 2.75) is 77.7 Å². The minimum atomic E-state index is -2.07. The van der Waals surface area contributed by atoms with Gasteiger partial charge in [0.25, 0.3) is 0 Å². The van der Waals surface area contributed by atoms with Crippen LogP contribution in [0.15, 0.2) is 36.4 Å². The zero-order valence-electron chi connectivity index (χ0n) is 21.2. The summed E-state index contributed by atoms with van der Waals surface area (Å²) in [7, 11) is -2.07. The normalized spacial score (nSPS) is 18.5. The number of halogens is 1. The highest BCUT2D eigenvalue weighted by Gasteiger charge is 2.41. The van der Waals surface area contributed by atoms with Crippen LogP contribution in [0.5, 0.6) is 0 Å². The van der Waals surface area contributed by atoms with Crippen LogP contribution in [-0.2, 0) is 22.1 Å². The van der Waals surface area contributed by atoms with Gasteiger partial charge in [-0.2, -0.15) is 0 Å². The molecule has 0 aromatic heterocycles. The summed E-state index contributed by atoms with van der Waals surface area (Å²) in [6.07, 6.45) is 0.643. The fourth-order valence-corrected chi connectivity index (χ4v) is 5.77. The highest BCUT2D eigenvalue weighted by Crippen LogP contribution is 2.39. The first-order chi connectivity index (χ1) is 15.7. The lowest BCUT2D eigenvalue weighted by Gasteiger charge is -2.44. The number of aromatic carboxylic acids is 1. The molecule has 34 heavy (non-hydrogen) atoms. The number of carboxylic acids is 1. The number of aryl methyl sites for hydroxylation is 1. The van der Waals surface area contributed by atoms with Crippen LogP contribution < -0.4 is 0 Å². The van der Waals surface area contributed by atoms with Gasteiger partial charge in [0, 0.05) is 5.02 Å². The first kappa shape index (κ1) is 26.5. The molecule has 0 radical (unpaired) electrons. The number of fused-ring (bicyclic) bond motifs is 1. The van der Waals surface area contributed by atoms with Crippen LogP contribution in [0, 0.1) is 6.92 Å². The van der Waals surface area contributed by atoms with E-state index in [2.05, 4.69) is 33.9 Å². The molecule has 7 heteroatoms. The molecule has 2 aromatic carbocycles. The van der Waals surface area contributed by atoms with Crippen molar-refractivity contribution in [3.8, 4) is 0 Å². The summed E-state index contributed by atoms with van der Waals surface area (Å²) in [6, 6.07) is 10.5. The molecular weight excluding hydrogens is 466 g/mol. The number of carboxylic acid groups (broad SMARTS) is 1. The van der Waals surface area contributed by atoms with Crippen molar-refractivity contribution in [3.63, 3.8) is 0 Å². The van der Waals surface area contributed by atoms with Gasteiger partial charge < -0.3 is 14.4 Å². The van der Waals surface area contributed by atoms with E-state index >= 15 is 0 Å². The molecule has 0 spiro atoms. The number of amides is 1. The van der Waals surface area contributed by atoms with Gasteiger partial charge in [0.2, 0.25) is 5.91 Å². The van der Waals surface area contributed by atoms with Crippen LogP contribution in [0.4, 0.5) is 0 Å². The van der Waals surface area contributed by atoms with Crippen molar-refractivity contribution in [3.05, 3.63) is 69.2 Å². The molecule has 5 nitrogen and oxygen atoms in total. The summed E-state index contributed by atoms with van der Waals surface area (Å²) < 4.78 is 6.55. The van der Waals surface area contributed by atoms with E-state index in [0.717, 1.165) is 22.3 Å². The van der Waals surface area contributed by atoms with Crippen molar-refractivity contribution >= 4 is 31.8 Å². The van der Waals surface area contributed by atoms with Gasteiger partial charge in [-0.25, -0.2) is 4.79 Å². The Bertz CT molecular complexity index is 1070. The van der Waals surface area contributed by atoms with E-state index in [4.69, 9.17) is 16.0 Å². The van der Waals surface area contributed by atoms with Crippen molar-refractivity contribution in [2.75, 3.05) is 6.61 Å². The Kier molecular flexibility index (Phi) is 7.65. The number of benzene rings is 2. The number of hydrogen-bond acceptors (Lipinski definition) is 3. The van der Waals surface area contributed by atoms with Gasteiger partial charge >= 0.3 is 5.97 Å². The third kappa shape index (κ3) is 5.24. The zero-order valence-corrected chi connectivity index (χ0v) is 23.0. The van der Waals surface area contributed by atoms with E-state index in [1.165, 1.54) is 0 Å². The Morgan fingerprint density at radius 3 is 2.41 bits per heavy atom. The van der Waals surface area contributed by atoms with Gasteiger partial charge in [-0.3, -0.25) is 4.79 Å². The quantitative estimate of drug-likeness (QED) is 0.463. The molecule has 0 saturated carbocycles. The van der Waals surface area contributed by atoms with Crippen LogP contribution in [0.3, 0.4) is 0 Å². The third-order valence-corrected chi connectivity index (χ3v) is 12.4. The lowest BCUT2D eigenvalue weighted by atomic mass is 9.85. The minimum Gasteiger partial charge on any atom is -0.478 e. The van der Waals surface area contributed by atoms with Crippen molar-refractivity contribution in [2.24, 2.45) is 0 Å². The molecule has 1 aliphatic rings. The predicted octanol–water partition coefficient (Wildman–Crippen LogP) is 6.43. The maximum absolute atomic E-state index is 13.7. The van der Waals surface area contributed by atoms with Crippen molar-refractivity contribution in [1.29, 1.82) is 0 Å². The standard InChI is InChI=1S/C27H36ClNO4Si/c1-17-10-8-13-24(28)22(17)15-25(30)29-18(2)20-11-9-12-21(26(31)32)23(20)14-19(29)16-33-34(6,7)27(3,4)5/h8-13,18-19H,14-16H2,1-7H3,(H,31,32)/t18-,19+/m0/s1. The van der Waals surface area contributed by atoms with Gasteiger partial charge in [-0.05, 0) is 72.8 Å². The maximum atomic E-state index is 13.7. The fraction of sp³-hybridized carbons (Fsp3) is 0.481. The monoisotopic (exact) mass is 501 g/mol. The van der Waals surface area contributed by atoms with Crippen molar-refractivity contribution in [1.82, 2.24) is 4.90 Å². The zero-order chi connectivity index (χ0) is 25.4. The number of carbonyl (C=O) groups is 2. The van der Waals surface area contributed by atoms with Crippen LogP contribution in [0.2, 0.25) is 23.2 Å². The lowest BCUT2D eigenvalue weighted by Crippen LogP contribution is -2.52. The predicted molar refractivity (Wildman–Crippen MR) is 139 cm³/mol. The summed E-state index contributed by atoms with van der Waals surface area (Å²) in [6.45, 7) is 15.2. The SMILES string of the molecule is Cc1cccc(Cl)c1CC(=O)N1[C@@H](CO[Si](C)(C)C(C)(C)C)Cc2c(C(=O)O)cccc2[C@@H]1C. The van der Waals surface area contributed by atoms with E-state index in [0.29, 0.717) is 23.6 Å². The smallest absolute Gasteiger partial charge is 0.335 e. The molecular formula is C27H36ClNO4Si. The van der Waals surface area contributed by atoms with Gasteiger partial charge in [-0.1, -0.05) is 56.6 Å². The summed E-state index contributed by atoms with van der Waals surface area (Å²) >= 11 is 6.44. The molecule has 3 rings (SSSR count). The number of hydrogen-bond donors (Lipinski definition) is 1. The van der Waals surface area contributed by atoms with Gasteiger partial charge in [0.1, 0.15) is 0 Å². The van der Waals surface area contributed by atoms with Crippen LogP contribution >= 0.6 is 11.6 Å². The number of rotatable bonds is 6.